The number of rotatable bonds is 1. The first-order chi connectivity index (χ1) is 8.43. The summed E-state index contributed by atoms with van der Waals surface area (Å²) in [4.78, 5) is 13.0. The lowest BCUT2D eigenvalue weighted by atomic mass is 10.1. The molecule has 0 radical (unpaired) electrons. The lowest BCUT2D eigenvalue weighted by molar-refractivity contribution is -0.118. The molecule has 0 spiro atoms. The van der Waals surface area contributed by atoms with Gasteiger partial charge < -0.3 is 4.90 Å². The van der Waals surface area contributed by atoms with Crippen LogP contribution in [0, 0.1) is 0 Å². The second kappa shape index (κ2) is 3.60. The van der Waals surface area contributed by atoms with E-state index in [0.29, 0.717) is 19.4 Å². The van der Waals surface area contributed by atoms with Crippen LogP contribution in [0.4, 0.5) is 5.69 Å². The Bertz CT molecular complexity index is 488. The molecule has 1 aromatic rings. The van der Waals surface area contributed by atoms with Gasteiger partial charge in [0.05, 0.1) is 13.4 Å². The standard InChI is InChI=1S/C11H13NO/c13-11-7-4-8-12(9-11)10-5-2-1-3-6-10/h1-3,5-6H,4,7-9H2/i1D,2D,3D,5D,6D. The van der Waals surface area contributed by atoms with E-state index in [1.165, 1.54) is 0 Å². The minimum Gasteiger partial charge on any atom is -0.364 e. The number of carbonyl (C=O) groups is 1. The molecule has 0 unspecified atom stereocenters. The zero-order valence-electron chi connectivity index (χ0n) is 12.2. The molecule has 1 aliphatic heterocycles. The van der Waals surface area contributed by atoms with Crippen molar-refractivity contribution in [2.75, 3.05) is 18.0 Å². The average molecular weight is 180 g/mol. The summed E-state index contributed by atoms with van der Waals surface area (Å²) < 4.78 is 38.3. The molecule has 2 nitrogen and oxygen atoms in total. The molecule has 0 atom stereocenters. The Balaban J connectivity index is 2.53. The van der Waals surface area contributed by atoms with Crippen molar-refractivity contribution in [2.24, 2.45) is 0 Å². The van der Waals surface area contributed by atoms with Gasteiger partial charge in [0.15, 0.2) is 5.78 Å². The van der Waals surface area contributed by atoms with E-state index in [-0.39, 0.29) is 42.2 Å². The molecule has 0 amide bonds. The van der Waals surface area contributed by atoms with Crippen molar-refractivity contribution in [2.45, 2.75) is 12.8 Å². The summed E-state index contributed by atoms with van der Waals surface area (Å²) in [5.41, 5.74) is 0.133. The summed E-state index contributed by atoms with van der Waals surface area (Å²) in [6.07, 6.45) is 1.15. The monoisotopic (exact) mass is 180 g/mol. The Hall–Kier alpha value is -1.31. The molecule has 1 fully saturated rings. The second-order valence-corrected chi connectivity index (χ2v) is 3.04. The fraction of sp³-hybridized carbons (Fsp3) is 0.364. The largest absolute Gasteiger partial charge is 0.364 e. The summed E-state index contributed by atoms with van der Waals surface area (Å²) in [6, 6.07) is -1.60. The normalized spacial score (nSPS) is 22.9. The Morgan fingerprint density at radius 2 is 2.08 bits per heavy atom. The lowest BCUT2D eigenvalue weighted by Crippen LogP contribution is -2.35. The maximum atomic E-state index is 11.4. The molecule has 0 bridgehead atoms. The van der Waals surface area contributed by atoms with E-state index in [9.17, 15) is 4.79 Å². The van der Waals surface area contributed by atoms with Crippen LogP contribution in [0.25, 0.3) is 0 Å². The Morgan fingerprint density at radius 3 is 2.77 bits per heavy atom. The van der Waals surface area contributed by atoms with Crippen LogP contribution in [0.1, 0.15) is 19.7 Å². The van der Waals surface area contributed by atoms with Crippen LogP contribution in [0.5, 0.6) is 0 Å². The first-order valence-electron chi connectivity index (χ1n) is 6.77. The number of Topliss-reactive ketones (excluding diaryl/α,β-unsaturated/α-hetero) is 1. The van der Waals surface area contributed by atoms with Gasteiger partial charge in [-0.05, 0) is 18.5 Å². The minimum atomic E-state index is -0.405. The van der Waals surface area contributed by atoms with Crippen LogP contribution >= 0.6 is 0 Å². The van der Waals surface area contributed by atoms with Crippen molar-refractivity contribution >= 4 is 11.5 Å². The van der Waals surface area contributed by atoms with Gasteiger partial charge in [-0.1, -0.05) is 18.1 Å². The van der Waals surface area contributed by atoms with Gasteiger partial charge in [0, 0.05) is 18.7 Å². The van der Waals surface area contributed by atoms with E-state index in [1.807, 2.05) is 0 Å². The zero-order valence-corrected chi connectivity index (χ0v) is 7.18. The van der Waals surface area contributed by atoms with Crippen molar-refractivity contribution in [3.8, 4) is 0 Å². The number of benzene rings is 1. The van der Waals surface area contributed by atoms with Crippen LogP contribution in [0.3, 0.4) is 0 Å². The van der Waals surface area contributed by atoms with Crippen LogP contribution in [-0.2, 0) is 4.79 Å². The second-order valence-electron chi connectivity index (χ2n) is 3.04. The molecular weight excluding hydrogens is 162 g/mol. The summed E-state index contributed by atoms with van der Waals surface area (Å²) in [5, 5.41) is 0. The van der Waals surface area contributed by atoms with Gasteiger partial charge >= 0.3 is 0 Å². The molecule has 68 valence electrons. The molecule has 0 N–H and O–H groups in total. The van der Waals surface area contributed by atoms with Crippen molar-refractivity contribution in [3.05, 3.63) is 30.2 Å². The van der Waals surface area contributed by atoms with Crippen LogP contribution in [0.15, 0.2) is 30.2 Å². The number of ketones is 1. The molecule has 2 rings (SSSR count). The van der Waals surface area contributed by atoms with Gasteiger partial charge in [-0.3, -0.25) is 4.79 Å². The number of anilines is 1. The first kappa shape index (κ1) is 4.27. The van der Waals surface area contributed by atoms with Crippen LogP contribution in [0.2, 0.25) is 0 Å². The fourth-order valence-corrected chi connectivity index (χ4v) is 1.43. The quantitative estimate of drug-likeness (QED) is 0.657. The van der Waals surface area contributed by atoms with E-state index in [2.05, 4.69) is 0 Å². The Morgan fingerprint density at radius 1 is 1.31 bits per heavy atom. The summed E-state index contributed by atoms with van der Waals surface area (Å²) in [6.45, 7) is 0.660. The fourth-order valence-electron chi connectivity index (χ4n) is 1.43. The predicted molar refractivity (Wildman–Crippen MR) is 52.9 cm³/mol. The SMILES string of the molecule is [2H]c1c([2H])c([2H])c(N2CCCC(=O)C2)c([2H])c1[2H]. The third-order valence-corrected chi connectivity index (χ3v) is 2.05. The van der Waals surface area contributed by atoms with Gasteiger partial charge in [0.25, 0.3) is 0 Å². The highest BCUT2D eigenvalue weighted by Crippen LogP contribution is 2.17. The van der Waals surface area contributed by atoms with Gasteiger partial charge in [-0.2, -0.15) is 0 Å². The highest BCUT2D eigenvalue weighted by atomic mass is 16.1. The van der Waals surface area contributed by atoms with Gasteiger partial charge in [0.2, 0.25) is 0 Å². The molecule has 1 heterocycles. The molecule has 1 aromatic carbocycles. The van der Waals surface area contributed by atoms with Gasteiger partial charge in [-0.25, -0.2) is 0 Å². The number of hydrogen-bond donors (Lipinski definition) is 0. The molecule has 2 heteroatoms. The molecule has 1 aliphatic rings. The topological polar surface area (TPSA) is 20.3 Å². The van der Waals surface area contributed by atoms with E-state index in [0.717, 1.165) is 0 Å². The predicted octanol–water partition coefficient (Wildman–Crippen LogP) is 1.86. The van der Waals surface area contributed by atoms with E-state index in [1.54, 1.807) is 4.90 Å². The van der Waals surface area contributed by atoms with E-state index in [4.69, 9.17) is 6.85 Å². The molecule has 0 saturated carbocycles. The van der Waals surface area contributed by atoms with Crippen molar-refractivity contribution < 1.29 is 11.6 Å². The van der Waals surface area contributed by atoms with Crippen molar-refractivity contribution in [3.63, 3.8) is 0 Å². The molecular formula is C11H13NO. The number of carbonyl (C=O) groups excluding carboxylic acids is 1. The van der Waals surface area contributed by atoms with Crippen molar-refractivity contribution in [1.82, 2.24) is 0 Å². The Labute approximate surface area is 85.2 Å². The van der Waals surface area contributed by atoms with Crippen molar-refractivity contribution in [1.29, 1.82) is 0 Å². The number of piperidine rings is 1. The van der Waals surface area contributed by atoms with E-state index < -0.39 is 6.04 Å². The van der Waals surface area contributed by atoms with Crippen LogP contribution < -0.4 is 4.90 Å². The summed E-state index contributed by atoms with van der Waals surface area (Å²) in [7, 11) is 0. The average Bonchev–Trinajstić information content (AvgIpc) is 2.34. The first-order valence-corrected chi connectivity index (χ1v) is 4.27. The van der Waals surface area contributed by atoms with Gasteiger partial charge in [-0.15, -0.1) is 0 Å². The van der Waals surface area contributed by atoms with E-state index >= 15 is 0 Å². The molecule has 0 aromatic heterocycles. The minimum absolute atomic E-state index is 0.0352. The third-order valence-electron chi connectivity index (χ3n) is 2.05. The molecule has 1 saturated heterocycles. The highest BCUT2D eigenvalue weighted by Gasteiger charge is 2.16. The third kappa shape index (κ3) is 1.89. The summed E-state index contributed by atoms with van der Waals surface area (Å²) >= 11 is 0. The number of para-hydroxylation sites is 1. The van der Waals surface area contributed by atoms with Gasteiger partial charge in [0.1, 0.15) is 0 Å². The lowest BCUT2D eigenvalue weighted by Gasteiger charge is -2.27. The maximum Gasteiger partial charge on any atom is 0.152 e. The smallest absolute Gasteiger partial charge is 0.152 e. The molecule has 13 heavy (non-hydrogen) atoms. The number of nitrogens with zero attached hydrogens (tertiary/aromatic N) is 1. The number of hydrogen-bond acceptors (Lipinski definition) is 2. The Kier molecular flexibility index (Phi) is 1.18. The molecule has 0 aliphatic carbocycles. The summed E-state index contributed by atoms with van der Waals surface area (Å²) in [5.74, 6) is 0.0352. The maximum absolute atomic E-state index is 11.4. The van der Waals surface area contributed by atoms with Crippen LogP contribution in [-0.4, -0.2) is 18.9 Å². The highest BCUT2D eigenvalue weighted by molar-refractivity contribution is 5.84. The zero-order chi connectivity index (χ0) is 13.4.